The van der Waals surface area contributed by atoms with Crippen molar-refractivity contribution >= 4 is 11.8 Å². The van der Waals surface area contributed by atoms with Crippen LogP contribution < -0.4 is 9.47 Å². The molecule has 0 fully saturated rings. The fraction of sp³-hybridized carbons (Fsp3) is 0.400. The normalized spacial score (nSPS) is 9.77. The zero-order valence-electron chi connectivity index (χ0n) is 8.16. The standard InChI is InChI=1S/C10H14O2S/c1-4-12-10-7-8(13-3)5-6-9(10)11-2/h5-7H,4H2,1-3H3. The van der Waals surface area contributed by atoms with Gasteiger partial charge in [0.2, 0.25) is 0 Å². The number of benzene rings is 1. The molecule has 0 radical (unpaired) electrons. The monoisotopic (exact) mass is 198 g/mol. The molecule has 1 aromatic rings. The molecule has 1 aromatic carbocycles. The lowest BCUT2D eigenvalue weighted by molar-refractivity contribution is 0.310. The van der Waals surface area contributed by atoms with E-state index in [4.69, 9.17) is 9.47 Å². The average molecular weight is 198 g/mol. The minimum absolute atomic E-state index is 0.661. The highest BCUT2D eigenvalue weighted by Gasteiger charge is 2.03. The van der Waals surface area contributed by atoms with Gasteiger partial charge in [-0.3, -0.25) is 0 Å². The molecule has 0 aliphatic carbocycles. The van der Waals surface area contributed by atoms with Crippen LogP contribution in [-0.4, -0.2) is 20.0 Å². The molecule has 0 unspecified atom stereocenters. The summed E-state index contributed by atoms with van der Waals surface area (Å²) in [4.78, 5) is 1.18. The summed E-state index contributed by atoms with van der Waals surface area (Å²) in [6.07, 6.45) is 2.04. The molecule has 0 aliphatic rings. The van der Waals surface area contributed by atoms with Gasteiger partial charge in [-0.1, -0.05) is 0 Å². The van der Waals surface area contributed by atoms with E-state index in [0.29, 0.717) is 6.61 Å². The Morgan fingerprint density at radius 3 is 2.62 bits per heavy atom. The maximum Gasteiger partial charge on any atom is 0.162 e. The molecule has 0 aromatic heterocycles. The number of thioether (sulfide) groups is 1. The van der Waals surface area contributed by atoms with Gasteiger partial charge >= 0.3 is 0 Å². The highest BCUT2D eigenvalue weighted by molar-refractivity contribution is 7.98. The summed E-state index contributed by atoms with van der Waals surface area (Å²) in [5.41, 5.74) is 0. The van der Waals surface area contributed by atoms with Crippen molar-refractivity contribution in [1.29, 1.82) is 0 Å². The van der Waals surface area contributed by atoms with Crippen molar-refractivity contribution in [3.8, 4) is 11.5 Å². The molecule has 0 bridgehead atoms. The van der Waals surface area contributed by atoms with Gasteiger partial charge in [0, 0.05) is 4.90 Å². The maximum absolute atomic E-state index is 5.43. The van der Waals surface area contributed by atoms with Crippen molar-refractivity contribution in [3.05, 3.63) is 18.2 Å². The van der Waals surface area contributed by atoms with Crippen molar-refractivity contribution in [2.75, 3.05) is 20.0 Å². The van der Waals surface area contributed by atoms with E-state index < -0.39 is 0 Å². The summed E-state index contributed by atoms with van der Waals surface area (Å²) < 4.78 is 10.6. The fourth-order valence-corrected chi connectivity index (χ4v) is 1.48. The summed E-state index contributed by atoms with van der Waals surface area (Å²) in [5, 5.41) is 0. The molecule has 2 nitrogen and oxygen atoms in total. The lowest BCUT2D eigenvalue weighted by atomic mass is 10.3. The van der Waals surface area contributed by atoms with E-state index >= 15 is 0 Å². The van der Waals surface area contributed by atoms with Crippen LogP contribution >= 0.6 is 11.8 Å². The molecule has 1 rings (SSSR count). The second-order valence-electron chi connectivity index (χ2n) is 2.45. The zero-order chi connectivity index (χ0) is 9.68. The van der Waals surface area contributed by atoms with Crippen molar-refractivity contribution in [2.45, 2.75) is 11.8 Å². The Bertz CT molecular complexity index is 274. The number of methoxy groups -OCH3 is 1. The number of rotatable bonds is 4. The molecule has 0 spiro atoms. The molecule has 0 atom stereocenters. The molecule has 72 valence electrons. The van der Waals surface area contributed by atoms with E-state index in [1.165, 1.54) is 4.90 Å². The Morgan fingerprint density at radius 2 is 2.08 bits per heavy atom. The van der Waals surface area contributed by atoms with Gasteiger partial charge in [-0.05, 0) is 31.4 Å². The van der Waals surface area contributed by atoms with Crippen LogP contribution in [0.1, 0.15) is 6.92 Å². The third-order valence-electron chi connectivity index (χ3n) is 1.67. The van der Waals surface area contributed by atoms with Gasteiger partial charge in [-0.25, -0.2) is 0 Å². The van der Waals surface area contributed by atoms with Crippen LogP contribution in [0, 0.1) is 0 Å². The van der Waals surface area contributed by atoms with Gasteiger partial charge in [0.05, 0.1) is 13.7 Å². The topological polar surface area (TPSA) is 18.5 Å². The number of ether oxygens (including phenoxy) is 2. The minimum Gasteiger partial charge on any atom is -0.493 e. The SMILES string of the molecule is CCOc1cc(SC)ccc1OC. The van der Waals surface area contributed by atoms with Crippen LogP contribution in [0.25, 0.3) is 0 Å². The lowest BCUT2D eigenvalue weighted by Gasteiger charge is -2.09. The second-order valence-corrected chi connectivity index (χ2v) is 3.33. The van der Waals surface area contributed by atoms with Crippen LogP contribution in [0.3, 0.4) is 0 Å². The van der Waals surface area contributed by atoms with Gasteiger partial charge in [0.15, 0.2) is 11.5 Å². The largest absolute Gasteiger partial charge is 0.493 e. The Kier molecular flexibility index (Phi) is 3.96. The quantitative estimate of drug-likeness (QED) is 0.693. The van der Waals surface area contributed by atoms with E-state index in [9.17, 15) is 0 Å². The fourth-order valence-electron chi connectivity index (χ4n) is 1.05. The van der Waals surface area contributed by atoms with Crippen LogP contribution in [0.4, 0.5) is 0 Å². The smallest absolute Gasteiger partial charge is 0.162 e. The maximum atomic E-state index is 5.43. The Labute approximate surface area is 83.2 Å². The highest BCUT2D eigenvalue weighted by atomic mass is 32.2. The lowest BCUT2D eigenvalue weighted by Crippen LogP contribution is -1.95. The van der Waals surface area contributed by atoms with Gasteiger partial charge in [0.1, 0.15) is 0 Å². The van der Waals surface area contributed by atoms with Gasteiger partial charge in [-0.15, -0.1) is 11.8 Å². The summed E-state index contributed by atoms with van der Waals surface area (Å²) in [7, 11) is 1.65. The average Bonchev–Trinajstić information content (AvgIpc) is 2.18. The Hall–Kier alpha value is -0.830. The second kappa shape index (κ2) is 5.02. The van der Waals surface area contributed by atoms with Crippen molar-refractivity contribution in [3.63, 3.8) is 0 Å². The van der Waals surface area contributed by atoms with Gasteiger partial charge in [0.25, 0.3) is 0 Å². The first kappa shape index (κ1) is 10.3. The minimum atomic E-state index is 0.661. The molecule has 0 aliphatic heterocycles. The molecule has 0 saturated heterocycles. The van der Waals surface area contributed by atoms with E-state index in [0.717, 1.165) is 11.5 Å². The first-order chi connectivity index (χ1) is 6.31. The zero-order valence-corrected chi connectivity index (χ0v) is 8.98. The van der Waals surface area contributed by atoms with Crippen LogP contribution in [-0.2, 0) is 0 Å². The predicted molar refractivity (Wildman–Crippen MR) is 55.9 cm³/mol. The molecule has 13 heavy (non-hydrogen) atoms. The van der Waals surface area contributed by atoms with E-state index in [-0.39, 0.29) is 0 Å². The Balaban J connectivity index is 2.95. The molecule has 0 amide bonds. The third kappa shape index (κ3) is 2.56. The third-order valence-corrected chi connectivity index (χ3v) is 2.40. The first-order valence-electron chi connectivity index (χ1n) is 4.16. The van der Waals surface area contributed by atoms with E-state index in [1.807, 2.05) is 31.4 Å². The predicted octanol–water partition coefficient (Wildman–Crippen LogP) is 2.82. The Morgan fingerprint density at radius 1 is 1.31 bits per heavy atom. The van der Waals surface area contributed by atoms with Crippen LogP contribution in [0.15, 0.2) is 23.1 Å². The van der Waals surface area contributed by atoms with Crippen molar-refractivity contribution < 1.29 is 9.47 Å². The number of hydrogen-bond donors (Lipinski definition) is 0. The van der Waals surface area contributed by atoms with Crippen molar-refractivity contribution in [2.24, 2.45) is 0 Å². The summed E-state index contributed by atoms with van der Waals surface area (Å²) in [5.74, 6) is 1.61. The van der Waals surface area contributed by atoms with E-state index in [2.05, 4.69) is 0 Å². The first-order valence-corrected chi connectivity index (χ1v) is 5.39. The summed E-state index contributed by atoms with van der Waals surface area (Å²) >= 11 is 1.69. The molecule has 0 heterocycles. The van der Waals surface area contributed by atoms with Gasteiger partial charge < -0.3 is 9.47 Å². The molecule has 0 N–H and O–H groups in total. The van der Waals surface area contributed by atoms with Gasteiger partial charge in [-0.2, -0.15) is 0 Å². The molecule has 0 saturated carbocycles. The van der Waals surface area contributed by atoms with Crippen LogP contribution in [0.2, 0.25) is 0 Å². The molecular weight excluding hydrogens is 184 g/mol. The van der Waals surface area contributed by atoms with E-state index in [1.54, 1.807) is 18.9 Å². The summed E-state index contributed by atoms with van der Waals surface area (Å²) in [6, 6.07) is 5.94. The molecular formula is C10H14O2S. The van der Waals surface area contributed by atoms with Crippen LogP contribution in [0.5, 0.6) is 11.5 Å². The highest BCUT2D eigenvalue weighted by Crippen LogP contribution is 2.31. The summed E-state index contributed by atoms with van der Waals surface area (Å²) in [6.45, 7) is 2.62. The number of hydrogen-bond acceptors (Lipinski definition) is 3. The van der Waals surface area contributed by atoms with Crippen molar-refractivity contribution in [1.82, 2.24) is 0 Å². The molecule has 3 heteroatoms.